The van der Waals surface area contributed by atoms with Crippen LogP contribution in [0.4, 0.5) is 0 Å². The van der Waals surface area contributed by atoms with Gasteiger partial charge in [0.25, 0.3) is 0 Å². The van der Waals surface area contributed by atoms with E-state index in [1.54, 1.807) is 0 Å². The van der Waals surface area contributed by atoms with Crippen molar-refractivity contribution in [2.24, 2.45) is 0 Å². The highest BCUT2D eigenvalue weighted by Gasteiger charge is 2.39. The average molecular weight is 338 g/mol. The van der Waals surface area contributed by atoms with Crippen molar-refractivity contribution in [1.29, 1.82) is 0 Å². The lowest BCUT2D eigenvalue weighted by Gasteiger charge is -2.37. The van der Waals surface area contributed by atoms with Crippen molar-refractivity contribution in [3.8, 4) is 0 Å². The molecule has 7 heteroatoms. The van der Waals surface area contributed by atoms with E-state index >= 15 is 0 Å². The van der Waals surface area contributed by atoms with Crippen LogP contribution in [0.25, 0.3) is 0 Å². The van der Waals surface area contributed by atoms with E-state index in [2.05, 4.69) is 34.2 Å². The minimum Gasteiger partial charge on any atom is -0.390 e. The molecule has 2 heterocycles. The molecule has 3 atom stereocenters. The van der Waals surface area contributed by atoms with Gasteiger partial charge < -0.3 is 19.7 Å². The van der Waals surface area contributed by atoms with Crippen molar-refractivity contribution in [3.63, 3.8) is 0 Å². The zero-order valence-corrected chi connectivity index (χ0v) is 15.0. The number of aromatic nitrogens is 2. The highest BCUT2D eigenvalue weighted by molar-refractivity contribution is 5.08. The maximum Gasteiger partial charge on any atom is 0.223 e. The van der Waals surface area contributed by atoms with E-state index in [0.29, 0.717) is 19.0 Å². The molecule has 1 aliphatic heterocycles. The van der Waals surface area contributed by atoms with Crippen molar-refractivity contribution in [3.05, 3.63) is 11.7 Å². The minimum absolute atomic E-state index is 0.220. The van der Waals surface area contributed by atoms with Crippen LogP contribution in [0.2, 0.25) is 0 Å². The molecule has 1 saturated carbocycles. The molecule has 0 aromatic carbocycles. The highest BCUT2D eigenvalue weighted by atomic mass is 16.5. The standard InChI is InChI=1S/C17H30N4O3/c1-12-9-21(10-13(2)23-12)11-15(22)8-18-17(6-4-5-7-17)16-19-14(3)24-20-16/h12-13,15,18,22H,4-11H2,1-3H3. The zero-order valence-electron chi connectivity index (χ0n) is 15.0. The smallest absolute Gasteiger partial charge is 0.223 e. The van der Waals surface area contributed by atoms with Gasteiger partial charge in [0.1, 0.15) is 0 Å². The Hall–Kier alpha value is -1.02. The summed E-state index contributed by atoms with van der Waals surface area (Å²) in [7, 11) is 0. The van der Waals surface area contributed by atoms with Crippen molar-refractivity contribution < 1.29 is 14.4 Å². The number of nitrogens with one attached hydrogen (secondary N) is 1. The first-order valence-electron chi connectivity index (χ1n) is 9.08. The second kappa shape index (κ2) is 7.47. The third-order valence-corrected chi connectivity index (χ3v) is 5.05. The van der Waals surface area contributed by atoms with Crippen molar-refractivity contribution in [1.82, 2.24) is 20.4 Å². The lowest BCUT2D eigenvalue weighted by Crippen LogP contribution is -2.51. The van der Waals surface area contributed by atoms with Gasteiger partial charge in [-0.2, -0.15) is 4.98 Å². The molecule has 7 nitrogen and oxygen atoms in total. The number of hydrogen-bond donors (Lipinski definition) is 2. The zero-order chi connectivity index (χ0) is 17.2. The molecule has 0 radical (unpaired) electrons. The van der Waals surface area contributed by atoms with E-state index in [-0.39, 0.29) is 17.7 Å². The van der Waals surface area contributed by atoms with E-state index in [9.17, 15) is 5.11 Å². The molecule has 24 heavy (non-hydrogen) atoms. The van der Waals surface area contributed by atoms with Crippen LogP contribution in [0.5, 0.6) is 0 Å². The van der Waals surface area contributed by atoms with Crippen LogP contribution >= 0.6 is 0 Å². The number of hydrogen-bond acceptors (Lipinski definition) is 7. The predicted octanol–water partition coefficient (Wildman–Crippen LogP) is 1.21. The van der Waals surface area contributed by atoms with E-state index in [1.165, 1.54) is 0 Å². The van der Waals surface area contributed by atoms with Gasteiger partial charge in [0.2, 0.25) is 5.89 Å². The average Bonchev–Trinajstić information content (AvgIpc) is 3.14. The van der Waals surface area contributed by atoms with Gasteiger partial charge in [-0.3, -0.25) is 4.90 Å². The molecule has 0 amide bonds. The fourth-order valence-corrected chi connectivity index (χ4v) is 4.06. The molecule has 1 aliphatic carbocycles. The van der Waals surface area contributed by atoms with E-state index in [1.807, 2.05) is 6.92 Å². The van der Waals surface area contributed by atoms with Gasteiger partial charge >= 0.3 is 0 Å². The number of aryl methyl sites for hydroxylation is 1. The van der Waals surface area contributed by atoms with Gasteiger partial charge in [-0.05, 0) is 26.7 Å². The first-order chi connectivity index (χ1) is 11.5. The fraction of sp³-hybridized carbons (Fsp3) is 0.882. The number of rotatable bonds is 6. The topological polar surface area (TPSA) is 83.7 Å². The second-order valence-electron chi connectivity index (χ2n) is 7.44. The molecule has 3 unspecified atom stereocenters. The third kappa shape index (κ3) is 4.14. The Balaban J connectivity index is 1.55. The van der Waals surface area contributed by atoms with Gasteiger partial charge in [0.05, 0.1) is 23.9 Å². The summed E-state index contributed by atoms with van der Waals surface area (Å²) in [6.07, 6.45) is 4.29. The number of aliphatic hydroxyl groups is 1. The summed E-state index contributed by atoms with van der Waals surface area (Å²) in [6.45, 7) is 8.92. The summed E-state index contributed by atoms with van der Waals surface area (Å²) < 4.78 is 10.9. The Morgan fingerprint density at radius 3 is 2.54 bits per heavy atom. The van der Waals surface area contributed by atoms with Crippen LogP contribution in [0.15, 0.2) is 4.52 Å². The predicted molar refractivity (Wildman–Crippen MR) is 89.6 cm³/mol. The normalized spacial score (nSPS) is 29.0. The summed E-state index contributed by atoms with van der Waals surface area (Å²) in [4.78, 5) is 6.71. The molecule has 2 fully saturated rings. The molecule has 2 aliphatic rings. The van der Waals surface area contributed by atoms with Crippen LogP contribution in [0, 0.1) is 6.92 Å². The maximum atomic E-state index is 10.5. The summed E-state index contributed by atoms with van der Waals surface area (Å²) in [5, 5.41) is 18.2. The maximum absolute atomic E-state index is 10.5. The van der Waals surface area contributed by atoms with Crippen LogP contribution in [-0.4, -0.2) is 64.6 Å². The monoisotopic (exact) mass is 338 g/mol. The van der Waals surface area contributed by atoms with E-state index in [4.69, 9.17) is 9.26 Å². The largest absolute Gasteiger partial charge is 0.390 e. The van der Waals surface area contributed by atoms with Gasteiger partial charge in [-0.25, -0.2) is 0 Å². The Morgan fingerprint density at radius 1 is 1.29 bits per heavy atom. The molecular weight excluding hydrogens is 308 g/mol. The molecule has 1 saturated heterocycles. The summed E-state index contributed by atoms with van der Waals surface area (Å²) in [5.41, 5.74) is -0.246. The van der Waals surface area contributed by atoms with Crippen molar-refractivity contribution in [2.45, 2.75) is 70.3 Å². The molecule has 0 spiro atoms. The van der Waals surface area contributed by atoms with Gasteiger partial charge in [-0.15, -0.1) is 0 Å². The number of morpholine rings is 1. The molecule has 2 N–H and O–H groups in total. The first-order valence-corrected chi connectivity index (χ1v) is 9.08. The molecule has 3 rings (SSSR count). The minimum atomic E-state index is -0.423. The van der Waals surface area contributed by atoms with Crippen LogP contribution in [0.3, 0.4) is 0 Å². The third-order valence-electron chi connectivity index (χ3n) is 5.05. The quantitative estimate of drug-likeness (QED) is 0.806. The van der Waals surface area contributed by atoms with Crippen LogP contribution in [0.1, 0.15) is 51.2 Å². The van der Waals surface area contributed by atoms with Gasteiger partial charge in [0, 0.05) is 33.1 Å². The number of β-amino-alcohol motifs (C(OH)–C–C–N with tert-alkyl or cyclic N) is 1. The SMILES string of the molecule is Cc1nc(C2(NCC(O)CN3CC(C)OC(C)C3)CCCC2)no1. The highest BCUT2D eigenvalue weighted by Crippen LogP contribution is 2.37. The molecule has 0 bridgehead atoms. The van der Waals surface area contributed by atoms with Gasteiger partial charge in [0.15, 0.2) is 5.82 Å². The molecule has 136 valence electrons. The number of nitrogens with zero attached hydrogens (tertiary/aromatic N) is 3. The summed E-state index contributed by atoms with van der Waals surface area (Å²) in [5.74, 6) is 1.33. The molecular formula is C17H30N4O3. The second-order valence-corrected chi connectivity index (χ2v) is 7.44. The fourth-order valence-electron chi connectivity index (χ4n) is 4.06. The number of aliphatic hydroxyl groups excluding tert-OH is 1. The summed E-state index contributed by atoms with van der Waals surface area (Å²) >= 11 is 0. The first kappa shape index (κ1) is 17.8. The Bertz CT molecular complexity index is 520. The van der Waals surface area contributed by atoms with E-state index < -0.39 is 6.10 Å². The van der Waals surface area contributed by atoms with Crippen LogP contribution < -0.4 is 5.32 Å². The van der Waals surface area contributed by atoms with Crippen molar-refractivity contribution in [2.75, 3.05) is 26.2 Å². The van der Waals surface area contributed by atoms with Crippen LogP contribution in [-0.2, 0) is 10.3 Å². The van der Waals surface area contributed by atoms with Gasteiger partial charge in [-0.1, -0.05) is 18.0 Å². The Labute approximate surface area is 143 Å². The molecule has 1 aromatic heterocycles. The molecule has 1 aromatic rings. The van der Waals surface area contributed by atoms with Crippen molar-refractivity contribution >= 4 is 0 Å². The number of ether oxygens (including phenoxy) is 1. The Morgan fingerprint density at radius 2 is 1.96 bits per heavy atom. The lowest BCUT2D eigenvalue weighted by atomic mass is 9.96. The summed E-state index contributed by atoms with van der Waals surface area (Å²) in [6, 6.07) is 0. The van der Waals surface area contributed by atoms with E-state index in [0.717, 1.165) is 44.6 Å². The Kier molecular flexibility index (Phi) is 5.54. The lowest BCUT2D eigenvalue weighted by molar-refractivity contribution is -0.0765.